The van der Waals surface area contributed by atoms with E-state index in [0.29, 0.717) is 19.6 Å². The summed E-state index contributed by atoms with van der Waals surface area (Å²) in [6.07, 6.45) is 8.11. The molecule has 2 saturated heterocycles. The summed E-state index contributed by atoms with van der Waals surface area (Å²) in [5.41, 5.74) is 2.87. The normalized spacial score (nSPS) is 29.8. The van der Waals surface area contributed by atoms with Gasteiger partial charge in [0, 0.05) is 55.4 Å². The van der Waals surface area contributed by atoms with Crippen LogP contribution in [0.25, 0.3) is 0 Å². The maximum atomic E-state index is 14.6. The average molecular weight is 601 g/mol. The molecule has 0 aliphatic carbocycles. The topological polar surface area (TPSA) is 84.4 Å². The van der Waals surface area contributed by atoms with E-state index in [-0.39, 0.29) is 30.9 Å². The zero-order chi connectivity index (χ0) is 30.4. The predicted molar refractivity (Wildman–Crippen MR) is 171 cm³/mol. The number of anilines is 2. The molecule has 4 heterocycles. The molecule has 6 rings (SSSR count). The summed E-state index contributed by atoms with van der Waals surface area (Å²) >= 11 is 1.56. The van der Waals surface area contributed by atoms with E-state index in [4.69, 9.17) is 0 Å². The number of amides is 3. The SMILES string of the molecule is CCN(CC)c1ccc(N2CC=C[C@]34S[C@@]5(C)C=CCN(Cc6ccccc6)C(=O)[C@H]5[C@H]3C(=O)N(CCO)C4C2=O)cc1. The van der Waals surface area contributed by atoms with Gasteiger partial charge < -0.3 is 24.7 Å². The smallest absolute Gasteiger partial charge is 0.251 e. The van der Waals surface area contributed by atoms with Gasteiger partial charge >= 0.3 is 0 Å². The van der Waals surface area contributed by atoms with Gasteiger partial charge in [0.25, 0.3) is 5.91 Å². The molecule has 43 heavy (non-hydrogen) atoms. The molecule has 1 spiro atoms. The van der Waals surface area contributed by atoms with Gasteiger partial charge in [-0.2, -0.15) is 0 Å². The summed E-state index contributed by atoms with van der Waals surface area (Å²) in [7, 11) is 0. The second kappa shape index (κ2) is 11.5. The van der Waals surface area contributed by atoms with Crippen molar-refractivity contribution in [3.05, 3.63) is 84.5 Å². The van der Waals surface area contributed by atoms with Gasteiger partial charge in [0.05, 0.1) is 23.2 Å². The van der Waals surface area contributed by atoms with Gasteiger partial charge in [0.2, 0.25) is 11.8 Å². The standard InChI is InChI=1S/C34H40N4O4S/c1-4-35(5-2)25-13-15-26(16-14-25)37-20-10-18-34-28(31(41)38(21-22-39)29(34)32(37)42)27-30(40)36(19-9-17-33(27,3)43-34)23-24-11-7-6-8-12-24/h6-18,27-29,39H,4-5,19-23H2,1-3H3/t27-,28+,29?,33+,34+/m1/s1. The first kappa shape index (κ1) is 29.5. The number of benzene rings is 2. The number of nitrogens with zero attached hydrogens (tertiary/aromatic N) is 4. The molecule has 0 saturated carbocycles. The molecular formula is C34H40N4O4S. The minimum absolute atomic E-state index is 0.0395. The number of likely N-dealkylation sites (tertiary alicyclic amines) is 1. The van der Waals surface area contributed by atoms with Crippen LogP contribution in [0.2, 0.25) is 0 Å². The van der Waals surface area contributed by atoms with E-state index < -0.39 is 27.4 Å². The number of aliphatic hydroxyl groups excluding tert-OH is 1. The van der Waals surface area contributed by atoms with Crippen LogP contribution in [0.5, 0.6) is 0 Å². The Bertz CT molecular complexity index is 1440. The van der Waals surface area contributed by atoms with E-state index in [1.54, 1.807) is 16.7 Å². The number of fused-ring (bicyclic) bond motifs is 2. The molecule has 4 aliphatic heterocycles. The molecule has 8 nitrogen and oxygen atoms in total. The Morgan fingerprint density at radius 1 is 0.884 bits per heavy atom. The monoisotopic (exact) mass is 600 g/mol. The van der Waals surface area contributed by atoms with E-state index >= 15 is 0 Å². The molecule has 1 unspecified atom stereocenters. The van der Waals surface area contributed by atoms with Crippen molar-refractivity contribution in [2.75, 3.05) is 49.1 Å². The van der Waals surface area contributed by atoms with Crippen LogP contribution in [0.4, 0.5) is 11.4 Å². The number of thioether (sulfide) groups is 1. The Labute approximate surface area is 258 Å². The molecule has 9 heteroatoms. The van der Waals surface area contributed by atoms with E-state index in [9.17, 15) is 19.5 Å². The van der Waals surface area contributed by atoms with Crippen LogP contribution < -0.4 is 9.80 Å². The lowest BCUT2D eigenvalue weighted by molar-refractivity contribution is -0.144. The Balaban J connectivity index is 1.38. The van der Waals surface area contributed by atoms with Crippen molar-refractivity contribution < 1.29 is 19.5 Å². The van der Waals surface area contributed by atoms with Crippen molar-refractivity contribution >= 4 is 40.9 Å². The lowest BCUT2D eigenvalue weighted by Gasteiger charge is -2.36. The number of carbonyl (C=O) groups excluding carboxylic acids is 3. The lowest BCUT2D eigenvalue weighted by atomic mass is 9.74. The number of hydrogen-bond acceptors (Lipinski definition) is 6. The van der Waals surface area contributed by atoms with Crippen molar-refractivity contribution in [3.8, 4) is 0 Å². The highest BCUT2D eigenvalue weighted by atomic mass is 32.2. The molecule has 0 bridgehead atoms. The number of hydrogen-bond donors (Lipinski definition) is 1. The van der Waals surface area contributed by atoms with Crippen molar-refractivity contribution in [2.45, 2.75) is 42.9 Å². The molecule has 3 amide bonds. The fourth-order valence-corrected chi connectivity index (χ4v) is 9.69. The van der Waals surface area contributed by atoms with Crippen molar-refractivity contribution in [2.24, 2.45) is 11.8 Å². The highest BCUT2D eigenvalue weighted by molar-refractivity contribution is 8.02. The van der Waals surface area contributed by atoms with Gasteiger partial charge in [0.15, 0.2) is 0 Å². The van der Waals surface area contributed by atoms with Crippen LogP contribution in [-0.2, 0) is 20.9 Å². The number of aliphatic hydroxyl groups is 1. The lowest BCUT2D eigenvalue weighted by Crippen LogP contribution is -2.54. The third kappa shape index (κ3) is 4.77. The number of rotatable bonds is 8. The Hall–Kier alpha value is -3.56. The fraction of sp³-hybridized carbons (Fsp3) is 0.441. The minimum Gasteiger partial charge on any atom is -0.395 e. The van der Waals surface area contributed by atoms with Gasteiger partial charge in [0.1, 0.15) is 6.04 Å². The highest BCUT2D eigenvalue weighted by Crippen LogP contribution is 2.65. The molecule has 0 radical (unpaired) electrons. The molecule has 1 N–H and O–H groups in total. The molecule has 2 fully saturated rings. The fourth-order valence-electron chi connectivity index (χ4n) is 7.53. The Morgan fingerprint density at radius 3 is 2.26 bits per heavy atom. The van der Waals surface area contributed by atoms with Crippen LogP contribution in [0.3, 0.4) is 0 Å². The average Bonchev–Trinajstić information content (AvgIpc) is 3.27. The minimum atomic E-state index is -0.936. The quantitative estimate of drug-likeness (QED) is 0.466. The second-order valence-corrected chi connectivity index (χ2v) is 13.7. The number of β-amino-alcohol motifs (C(OH)–C–C–N with tert-alkyl or cyclic N) is 1. The largest absolute Gasteiger partial charge is 0.395 e. The molecule has 0 aromatic heterocycles. The first-order valence-corrected chi connectivity index (χ1v) is 16.1. The van der Waals surface area contributed by atoms with Crippen molar-refractivity contribution in [1.82, 2.24) is 9.80 Å². The first-order valence-electron chi connectivity index (χ1n) is 15.2. The Kier molecular flexibility index (Phi) is 7.89. The molecule has 5 atom stereocenters. The van der Waals surface area contributed by atoms with E-state index in [2.05, 4.69) is 24.8 Å². The zero-order valence-corrected chi connectivity index (χ0v) is 25.9. The third-order valence-electron chi connectivity index (χ3n) is 9.49. The van der Waals surface area contributed by atoms with Crippen molar-refractivity contribution in [1.29, 1.82) is 0 Å². The molecular weight excluding hydrogens is 560 g/mol. The molecule has 2 aromatic carbocycles. The summed E-state index contributed by atoms with van der Waals surface area (Å²) in [6, 6.07) is 17.0. The maximum Gasteiger partial charge on any atom is 0.251 e. The molecule has 226 valence electrons. The van der Waals surface area contributed by atoms with Gasteiger partial charge in [-0.05, 0) is 50.6 Å². The molecule has 2 aromatic rings. The van der Waals surface area contributed by atoms with Crippen LogP contribution in [0.15, 0.2) is 78.9 Å². The summed E-state index contributed by atoms with van der Waals surface area (Å²) in [5, 5.41) is 10.0. The third-order valence-corrected chi connectivity index (χ3v) is 11.3. The van der Waals surface area contributed by atoms with Crippen molar-refractivity contribution in [3.63, 3.8) is 0 Å². The van der Waals surface area contributed by atoms with Crippen LogP contribution in [0, 0.1) is 11.8 Å². The van der Waals surface area contributed by atoms with Gasteiger partial charge in [-0.1, -0.05) is 54.6 Å². The maximum absolute atomic E-state index is 14.6. The Morgan fingerprint density at radius 2 is 1.58 bits per heavy atom. The first-order chi connectivity index (χ1) is 20.8. The summed E-state index contributed by atoms with van der Waals surface area (Å²) in [6.45, 7) is 9.09. The van der Waals surface area contributed by atoms with E-state index in [1.165, 1.54) is 4.90 Å². The van der Waals surface area contributed by atoms with E-state index in [1.807, 2.05) is 84.6 Å². The molecule has 4 aliphatic rings. The highest BCUT2D eigenvalue weighted by Gasteiger charge is 2.73. The summed E-state index contributed by atoms with van der Waals surface area (Å²) < 4.78 is -1.61. The number of carbonyl (C=O) groups is 3. The second-order valence-electron chi connectivity index (χ2n) is 11.9. The summed E-state index contributed by atoms with van der Waals surface area (Å²) in [4.78, 5) is 50.6. The summed E-state index contributed by atoms with van der Waals surface area (Å²) in [5.74, 6) is -1.86. The van der Waals surface area contributed by atoms with Crippen LogP contribution in [0.1, 0.15) is 26.3 Å². The van der Waals surface area contributed by atoms with Gasteiger partial charge in [-0.25, -0.2) is 0 Å². The van der Waals surface area contributed by atoms with Crippen LogP contribution >= 0.6 is 11.8 Å². The van der Waals surface area contributed by atoms with Gasteiger partial charge in [-0.3, -0.25) is 14.4 Å². The van der Waals surface area contributed by atoms with Crippen LogP contribution in [-0.4, -0.2) is 87.5 Å². The zero-order valence-electron chi connectivity index (χ0n) is 25.1. The van der Waals surface area contributed by atoms with Gasteiger partial charge in [-0.15, -0.1) is 11.8 Å². The van der Waals surface area contributed by atoms with E-state index in [0.717, 1.165) is 30.0 Å². The predicted octanol–water partition coefficient (Wildman–Crippen LogP) is 3.71.